The number of nitrogens with one attached hydrogen (secondary N) is 1. The number of hydrogen-bond acceptors (Lipinski definition) is 6. The Labute approximate surface area is 146 Å². The molecule has 0 amide bonds. The number of rotatable bonds is 6. The van der Waals surface area contributed by atoms with E-state index in [-0.39, 0.29) is 5.92 Å². The first-order valence-electron chi connectivity index (χ1n) is 8.08. The standard InChI is InChI=1S/C18H22N4O3/c1-10(17-11(2)20-21-12(17)3)18-19-16(22-25-18)9-13-6-7-14(23-4)15(8-13)24-5/h6-8,10H,9H2,1-5H3,(H,20,21)/t10-/m0/s1. The Balaban J connectivity index is 1.80. The zero-order valence-electron chi connectivity index (χ0n) is 15.1. The molecule has 0 spiro atoms. The molecule has 0 aliphatic rings. The monoisotopic (exact) mass is 342 g/mol. The fraction of sp³-hybridized carbons (Fsp3) is 0.389. The second kappa shape index (κ2) is 6.96. The SMILES string of the molecule is COc1ccc(Cc2noc([C@@H](C)c3c(C)n[nH]c3C)n2)cc1OC. The number of ether oxygens (including phenoxy) is 2. The van der Waals surface area contributed by atoms with Crippen molar-refractivity contribution < 1.29 is 14.0 Å². The fourth-order valence-electron chi connectivity index (χ4n) is 3.01. The highest BCUT2D eigenvalue weighted by atomic mass is 16.5. The Kier molecular flexibility index (Phi) is 4.74. The van der Waals surface area contributed by atoms with Crippen LogP contribution < -0.4 is 9.47 Å². The molecule has 7 nitrogen and oxygen atoms in total. The molecule has 2 heterocycles. The minimum Gasteiger partial charge on any atom is -0.493 e. The van der Waals surface area contributed by atoms with Gasteiger partial charge in [0.2, 0.25) is 5.89 Å². The maximum absolute atomic E-state index is 5.48. The Morgan fingerprint density at radius 1 is 1.16 bits per heavy atom. The van der Waals surface area contributed by atoms with Gasteiger partial charge in [-0.25, -0.2) is 0 Å². The van der Waals surface area contributed by atoms with Crippen molar-refractivity contribution >= 4 is 0 Å². The summed E-state index contributed by atoms with van der Waals surface area (Å²) in [5.41, 5.74) is 4.09. The number of aromatic amines is 1. The van der Waals surface area contributed by atoms with Crippen LogP contribution in [0.15, 0.2) is 22.7 Å². The Bertz CT molecular complexity index is 850. The molecule has 0 radical (unpaired) electrons. The van der Waals surface area contributed by atoms with E-state index in [0.29, 0.717) is 29.6 Å². The lowest BCUT2D eigenvalue weighted by molar-refractivity contribution is 0.354. The van der Waals surface area contributed by atoms with Crippen molar-refractivity contribution in [1.29, 1.82) is 0 Å². The van der Waals surface area contributed by atoms with Gasteiger partial charge in [0.05, 0.1) is 25.8 Å². The van der Waals surface area contributed by atoms with Gasteiger partial charge in [0.25, 0.3) is 0 Å². The summed E-state index contributed by atoms with van der Waals surface area (Å²) in [6.45, 7) is 6.00. The van der Waals surface area contributed by atoms with Crippen LogP contribution >= 0.6 is 0 Å². The molecule has 0 saturated carbocycles. The van der Waals surface area contributed by atoms with Gasteiger partial charge in [0, 0.05) is 17.7 Å². The first-order chi connectivity index (χ1) is 12.0. The second-order valence-corrected chi connectivity index (χ2v) is 5.98. The molecule has 25 heavy (non-hydrogen) atoms. The molecule has 0 saturated heterocycles. The molecular weight excluding hydrogens is 320 g/mol. The van der Waals surface area contributed by atoms with Gasteiger partial charge in [-0.05, 0) is 38.5 Å². The van der Waals surface area contributed by atoms with Crippen LogP contribution in [0.5, 0.6) is 11.5 Å². The number of methoxy groups -OCH3 is 2. The Hall–Kier alpha value is -2.83. The summed E-state index contributed by atoms with van der Waals surface area (Å²) in [5.74, 6) is 2.59. The zero-order valence-corrected chi connectivity index (χ0v) is 15.1. The number of aromatic nitrogens is 4. The predicted octanol–water partition coefficient (Wildman–Crippen LogP) is 3.17. The summed E-state index contributed by atoms with van der Waals surface area (Å²) in [4.78, 5) is 4.55. The van der Waals surface area contributed by atoms with Gasteiger partial charge in [-0.3, -0.25) is 5.10 Å². The van der Waals surface area contributed by atoms with Gasteiger partial charge >= 0.3 is 0 Å². The smallest absolute Gasteiger partial charge is 0.234 e. The summed E-state index contributed by atoms with van der Waals surface area (Å²) in [5, 5.41) is 11.3. The van der Waals surface area contributed by atoms with Gasteiger partial charge in [-0.2, -0.15) is 10.1 Å². The summed E-state index contributed by atoms with van der Waals surface area (Å²) in [6, 6.07) is 5.75. The van der Waals surface area contributed by atoms with Gasteiger partial charge in [0.15, 0.2) is 17.3 Å². The molecule has 3 rings (SSSR count). The third-order valence-electron chi connectivity index (χ3n) is 4.28. The van der Waals surface area contributed by atoms with Gasteiger partial charge in [-0.1, -0.05) is 11.2 Å². The molecule has 0 bridgehead atoms. The topological polar surface area (TPSA) is 86.1 Å². The number of aryl methyl sites for hydroxylation is 2. The quantitative estimate of drug-likeness (QED) is 0.740. The first-order valence-corrected chi connectivity index (χ1v) is 8.08. The normalized spacial score (nSPS) is 12.2. The molecule has 7 heteroatoms. The highest BCUT2D eigenvalue weighted by Gasteiger charge is 2.22. The van der Waals surface area contributed by atoms with Crippen LogP contribution in [-0.4, -0.2) is 34.6 Å². The minimum atomic E-state index is -0.00889. The Morgan fingerprint density at radius 3 is 2.56 bits per heavy atom. The summed E-state index contributed by atoms with van der Waals surface area (Å²) >= 11 is 0. The van der Waals surface area contributed by atoms with E-state index < -0.39 is 0 Å². The number of H-pyrrole nitrogens is 1. The molecule has 1 atom stereocenters. The van der Waals surface area contributed by atoms with Crippen LogP contribution in [0, 0.1) is 13.8 Å². The second-order valence-electron chi connectivity index (χ2n) is 5.98. The van der Waals surface area contributed by atoms with E-state index in [0.717, 1.165) is 22.5 Å². The van der Waals surface area contributed by atoms with Crippen LogP contribution in [0.2, 0.25) is 0 Å². The van der Waals surface area contributed by atoms with Crippen LogP contribution in [0.3, 0.4) is 0 Å². The average Bonchev–Trinajstić information content (AvgIpc) is 3.21. The lowest BCUT2D eigenvalue weighted by atomic mass is 9.99. The Morgan fingerprint density at radius 2 is 1.92 bits per heavy atom. The van der Waals surface area contributed by atoms with Crippen LogP contribution in [0.4, 0.5) is 0 Å². The van der Waals surface area contributed by atoms with Crippen LogP contribution in [-0.2, 0) is 6.42 Å². The average molecular weight is 342 g/mol. The maximum Gasteiger partial charge on any atom is 0.234 e. The van der Waals surface area contributed by atoms with Gasteiger partial charge in [-0.15, -0.1) is 0 Å². The molecule has 1 N–H and O–H groups in total. The third kappa shape index (κ3) is 3.35. The van der Waals surface area contributed by atoms with Gasteiger partial charge in [0.1, 0.15) is 0 Å². The minimum absolute atomic E-state index is 0.00889. The van der Waals surface area contributed by atoms with Crippen molar-refractivity contribution in [2.45, 2.75) is 33.1 Å². The number of nitrogens with zero attached hydrogens (tertiary/aromatic N) is 3. The van der Waals surface area contributed by atoms with Crippen molar-refractivity contribution in [1.82, 2.24) is 20.3 Å². The lowest BCUT2D eigenvalue weighted by Gasteiger charge is -2.08. The molecule has 132 valence electrons. The van der Waals surface area contributed by atoms with Crippen LogP contribution in [0.25, 0.3) is 0 Å². The van der Waals surface area contributed by atoms with E-state index in [1.807, 2.05) is 39.0 Å². The van der Waals surface area contributed by atoms with E-state index in [4.69, 9.17) is 14.0 Å². The lowest BCUT2D eigenvalue weighted by Crippen LogP contribution is -2.00. The van der Waals surface area contributed by atoms with E-state index in [1.165, 1.54) is 0 Å². The molecule has 0 fully saturated rings. The molecular formula is C18H22N4O3. The first kappa shape index (κ1) is 17.0. The zero-order chi connectivity index (χ0) is 18.0. The number of benzene rings is 1. The molecule has 1 aromatic carbocycles. The highest BCUT2D eigenvalue weighted by Crippen LogP contribution is 2.29. The molecule has 0 aliphatic carbocycles. The van der Waals surface area contributed by atoms with E-state index in [2.05, 4.69) is 20.3 Å². The van der Waals surface area contributed by atoms with Gasteiger partial charge < -0.3 is 14.0 Å². The fourth-order valence-corrected chi connectivity index (χ4v) is 3.01. The van der Waals surface area contributed by atoms with E-state index >= 15 is 0 Å². The van der Waals surface area contributed by atoms with E-state index in [9.17, 15) is 0 Å². The largest absolute Gasteiger partial charge is 0.493 e. The predicted molar refractivity (Wildman–Crippen MR) is 92.2 cm³/mol. The summed E-state index contributed by atoms with van der Waals surface area (Å²) in [6.07, 6.45) is 0.555. The molecule has 0 aliphatic heterocycles. The van der Waals surface area contributed by atoms with Crippen molar-refractivity contribution in [2.24, 2.45) is 0 Å². The summed E-state index contributed by atoms with van der Waals surface area (Å²) in [7, 11) is 3.23. The van der Waals surface area contributed by atoms with Crippen molar-refractivity contribution in [3.05, 3.63) is 52.4 Å². The molecule has 3 aromatic rings. The number of hydrogen-bond donors (Lipinski definition) is 1. The van der Waals surface area contributed by atoms with Crippen molar-refractivity contribution in [3.63, 3.8) is 0 Å². The maximum atomic E-state index is 5.48. The summed E-state index contributed by atoms with van der Waals surface area (Å²) < 4.78 is 16.1. The van der Waals surface area contributed by atoms with E-state index in [1.54, 1.807) is 14.2 Å². The third-order valence-corrected chi connectivity index (χ3v) is 4.28. The molecule has 0 unspecified atom stereocenters. The van der Waals surface area contributed by atoms with Crippen molar-refractivity contribution in [3.8, 4) is 11.5 Å². The van der Waals surface area contributed by atoms with Crippen LogP contribution in [0.1, 0.15) is 47.1 Å². The molecule has 2 aromatic heterocycles. The highest BCUT2D eigenvalue weighted by molar-refractivity contribution is 5.43. The van der Waals surface area contributed by atoms with Crippen molar-refractivity contribution in [2.75, 3.05) is 14.2 Å².